The summed E-state index contributed by atoms with van der Waals surface area (Å²) < 4.78 is 8.41. The molecule has 0 aliphatic carbocycles. The normalized spacial score (nSPS) is 12.2. The van der Waals surface area contributed by atoms with Crippen LogP contribution in [0.2, 0.25) is 0 Å². The number of carbonyl (C=O) groups is 2. The second kappa shape index (κ2) is 8.41. The Morgan fingerprint density at radius 1 is 1.20 bits per heavy atom. The van der Waals surface area contributed by atoms with Gasteiger partial charge in [0.05, 0.1) is 31.1 Å². The first-order chi connectivity index (χ1) is 14.3. The molecule has 0 fully saturated rings. The highest BCUT2D eigenvalue weighted by molar-refractivity contribution is 5.97. The zero-order valence-corrected chi connectivity index (χ0v) is 17.7. The maximum Gasteiger partial charge on any atom is 0.328 e. The summed E-state index contributed by atoms with van der Waals surface area (Å²) in [7, 11) is 1.29. The van der Waals surface area contributed by atoms with Gasteiger partial charge in [0.25, 0.3) is 5.91 Å². The van der Waals surface area contributed by atoms with Crippen LogP contribution in [0.4, 0.5) is 5.69 Å². The number of aromatic nitrogens is 3. The lowest BCUT2D eigenvalue weighted by Gasteiger charge is -2.19. The first-order valence-electron chi connectivity index (χ1n) is 9.72. The van der Waals surface area contributed by atoms with Crippen LogP contribution >= 0.6 is 0 Å². The number of nitrogens with zero attached hydrogens (tertiary/aromatic N) is 4. The summed E-state index contributed by atoms with van der Waals surface area (Å²) in [6.07, 6.45) is 4.90. The Hall–Kier alpha value is -3.60. The number of ether oxygens (including phenoxy) is 1. The SMILES string of the molecule is [C-]#[N+]c1cn(C(C)C)c2ccc(-n3cc(C(=O)N[C@H](C(=O)OC)C(C)C)cn3)cc12. The molecule has 0 unspecified atom stereocenters. The molecule has 1 aromatic carbocycles. The van der Waals surface area contributed by atoms with Crippen molar-refractivity contribution in [2.75, 3.05) is 7.11 Å². The minimum Gasteiger partial charge on any atom is -0.467 e. The topological polar surface area (TPSA) is 82.5 Å². The third-order valence-corrected chi connectivity index (χ3v) is 4.99. The lowest BCUT2D eigenvalue weighted by molar-refractivity contribution is -0.144. The number of hydrogen-bond donors (Lipinski definition) is 1. The van der Waals surface area contributed by atoms with Crippen LogP contribution in [0.5, 0.6) is 0 Å². The maximum atomic E-state index is 12.6. The van der Waals surface area contributed by atoms with Gasteiger partial charge in [-0.05, 0) is 38.0 Å². The molecule has 3 rings (SSSR count). The molecule has 0 radical (unpaired) electrons. The average molecular weight is 407 g/mol. The van der Waals surface area contributed by atoms with Gasteiger partial charge in [-0.25, -0.2) is 14.3 Å². The van der Waals surface area contributed by atoms with Gasteiger partial charge in [-0.15, -0.1) is 0 Å². The molecule has 1 atom stereocenters. The third-order valence-electron chi connectivity index (χ3n) is 4.99. The van der Waals surface area contributed by atoms with Crippen LogP contribution in [-0.2, 0) is 9.53 Å². The van der Waals surface area contributed by atoms with Crippen LogP contribution in [0.1, 0.15) is 44.1 Å². The number of methoxy groups -OCH3 is 1. The number of fused-ring (bicyclic) bond motifs is 1. The number of carbonyl (C=O) groups excluding carboxylic acids is 2. The summed E-state index contributed by atoms with van der Waals surface area (Å²) in [6.45, 7) is 15.3. The predicted molar refractivity (Wildman–Crippen MR) is 114 cm³/mol. The second-order valence-electron chi connectivity index (χ2n) is 7.72. The molecule has 0 saturated carbocycles. The fourth-order valence-corrected chi connectivity index (χ4v) is 3.31. The molecule has 0 aliphatic rings. The number of benzene rings is 1. The van der Waals surface area contributed by atoms with E-state index in [1.54, 1.807) is 10.9 Å². The van der Waals surface area contributed by atoms with E-state index in [0.717, 1.165) is 16.6 Å². The second-order valence-corrected chi connectivity index (χ2v) is 7.72. The van der Waals surface area contributed by atoms with Crippen LogP contribution in [0.15, 0.2) is 36.8 Å². The van der Waals surface area contributed by atoms with Gasteiger partial charge in [-0.1, -0.05) is 13.8 Å². The standard InChI is InChI=1S/C22H25N5O3/c1-13(2)20(22(29)30-6)25-21(28)15-10-24-27(11-15)16-7-8-19-17(9-16)18(23-5)12-26(19)14(3)4/h7-14,20H,1-4,6H3,(H,25,28)/t20-/m0/s1. The van der Waals surface area contributed by atoms with E-state index < -0.39 is 17.9 Å². The molecular weight excluding hydrogens is 382 g/mol. The Bertz CT molecular complexity index is 1130. The highest BCUT2D eigenvalue weighted by Gasteiger charge is 2.26. The minimum atomic E-state index is -0.737. The van der Waals surface area contributed by atoms with Crippen molar-refractivity contribution in [1.29, 1.82) is 0 Å². The van der Waals surface area contributed by atoms with E-state index in [1.165, 1.54) is 13.3 Å². The van der Waals surface area contributed by atoms with Crippen molar-refractivity contribution in [2.45, 2.75) is 39.8 Å². The summed E-state index contributed by atoms with van der Waals surface area (Å²) in [4.78, 5) is 28.1. The minimum absolute atomic E-state index is 0.115. The lowest BCUT2D eigenvalue weighted by atomic mass is 10.0. The Labute approximate surface area is 175 Å². The van der Waals surface area contributed by atoms with Crippen molar-refractivity contribution in [3.05, 3.63) is 53.8 Å². The van der Waals surface area contributed by atoms with Crippen molar-refractivity contribution in [2.24, 2.45) is 5.92 Å². The van der Waals surface area contributed by atoms with Gasteiger partial charge < -0.3 is 14.6 Å². The van der Waals surface area contributed by atoms with Crippen molar-refractivity contribution in [1.82, 2.24) is 19.7 Å². The summed E-state index contributed by atoms with van der Waals surface area (Å²) >= 11 is 0. The quantitative estimate of drug-likeness (QED) is 0.496. The number of hydrogen-bond acceptors (Lipinski definition) is 4. The highest BCUT2D eigenvalue weighted by Crippen LogP contribution is 2.32. The van der Waals surface area contributed by atoms with E-state index in [0.29, 0.717) is 11.3 Å². The number of rotatable bonds is 6. The lowest BCUT2D eigenvalue weighted by Crippen LogP contribution is -2.44. The van der Waals surface area contributed by atoms with Crippen molar-refractivity contribution >= 4 is 28.5 Å². The first-order valence-corrected chi connectivity index (χ1v) is 9.72. The molecule has 1 amide bonds. The van der Waals surface area contributed by atoms with Gasteiger partial charge in [-0.2, -0.15) is 5.10 Å². The molecule has 156 valence electrons. The summed E-state index contributed by atoms with van der Waals surface area (Å²) in [6, 6.07) is 5.24. The van der Waals surface area contributed by atoms with E-state index in [9.17, 15) is 9.59 Å². The van der Waals surface area contributed by atoms with Crippen LogP contribution in [0.3, 0.4) is 0 Å². The van der Waals surface area contributed by atoms with E-state index in [-0.39, 0.29) is 12.0 Å². The van der Waals surface area contributed by atoms with Crippen molar-refractivity contribution in [3.63, 3.8) is 0 Å². The van der Waals surface area contributed by atoms with E-state index in [4.69, 9.17) is 11.3 Å². The zero-order chi connectivity index (χ0) is 22.0. The smallest absolute Gasteiger partial charge is 0.328 e. The molecule has 3 aromatic rings. The Kier molecular flexibility index (Phi) is 5.92. The van der Waals surface area contributed by atoms with Crippen LogP contribution in [-0.4, -0.2) is 39.4 Å². The fourth-order valence-electron chi connectivity index (χ4n) is 3.31. The molecule has 0 aliphatic heterocycles. The molecular formula is C22H25N5O3. The van der Waals surface area contributed by atoms with E-state index in [1.807, 2.05) is 38.2 Å². The Morgan fingerprint density at radius 3 is 2.53 bits per heavy atom. The van der Waals surface area contributed by atoms with Crippen LogP contribution in [0.25, 0.3) is 21.4 Å². The van der Waals surface area contributed by atoms with Gasteiger partial charge in [0.1, 0.15) is 6.04 Å². The van der Waals surface area contributed by atoms with Gasteiger partial charge in [0.15, 0.2) is 0 Å². The van der Waals surface area contributed by atoms with Crippen LogP contribution < -0.4 is 5.32 Å². The average Bonchev–Trinajstić information content (AvgIpc) is 3.35. The summed E-state index contributed by atoms with van der Waals surface area (Å²) in [5.41, 5.74) is 2.61. The molecule has 0 spiro atoms. The third kappa shape index (κ3) is 3.92. The molecule has 0 bridgehead atoms. The van der Waals surface area contributed by atoms with E-state index >= 15 is 0 Å². The monoisotopic (exact) mass is 407 g/mol. The maximum absolute atomic E-state index is 12.6. The highest BCUT2D eigenvalue weighted by atomic mass is 16.5. The Morgan fingerprint density at radius 2 is 1.93 bits per heavy atom. The van der Waals surface area contributed by atoms with Gasteiger partial charge in [0, 0.05) is 29.3 Å². The number of amides is 1. The molecule has 2 aromatic heterocycles. The summed E-state index contributed by atoms with van der Waals surface area (Å²) in [5.74, 6) is -1.01. The van der Waals surface area contributed by atoms with Crippen LogP contribution in [0, 0.1) is 12.5 Å². The van der Waals surface area contributed by atoms with Gasteiger partial charge >= 0.3 is 5.97 Å². The Balaban J connectivity index is 1.90. The first kappa shape index (κ1) is 21.1. The molecule has 8 nitrogen and oxygen atoms in total. The number of nitrogens with one attached hydrogen (secondary N) is 1. The molecule has 1 N–H and O–H groups in total. The number of esters is 1. The fraction of sp³-hybridized carbons (Fsp3) is 0.364. The van der Waals surface area contributed by atoms with E-state index in [2.05, 4.69) is 33.7 Å². The van der Waals surface area contributed by atoms with Gasteiger partial charge in [-0.3, -0.25) is 4.79 Å². The predicted octanol–water partition coefficient (Wildman–Crippen LogP) is 3.89. The molecule has 30 heavy (non-hydrogen) atoms. The molecule has 8 heteroatoms. The van der Waals surface area contributed by atoms with Gasteiger partial charge in [0.2, 0.25) is 5.69 Å². The molecule has 2 heterocycles. The van der Waals surface area contributed by atoms with Crippen molar-refractivity contribution < 1.29 is 14.3 Å². The largest absolute Gasteiger partial charge is 0.467 e. The van der Waals surface area contributed by atoms with Crippen molar-refractivity contribution in [3.8, 4) is 5.69 Å². The zero-order valence-electron chi connectivity index (χ0n) is 17.7. The molecule has 0 saturated heterocycles. The summed E-state index contributed by atoms with van der Waals surface area (Å²) in [5, 5.41) is 7.82.